The third kappa shape index (κ3) is 2.88. The lowest BCUT2D eigenvalue weighted by atomic mass is 10.2. The lowest BCUT2D eigenvalue weighted by molar-refractivity contribution is 0.666. The standard InChI is InChI=1S/C13H15ClN4S/c1-18-13(16-11-6-7-15-8-11)19-12(17-18)9-2-4-10(14)5-3-9/h2-5,11,15H,6-8H2,1H3. The molecule has 0 bridgehead atoms. The predicted octanol–water partition coefficient (Wildman–Crippen LogP) is 2.06. The number of hydrogen-bond acceptors (Lipinski definition) is 4. The Hall–Kier alpha value is -1.17. The Morgan fingerprint density at radius 2 is 2.21 bits per heavy atom. The van der Waals surface area contributed by atoms with Crippen molar-refractivity contribution in [3.63, 3.8) is 0 Å². The number of rotatable bonds is 2. The van der Waals surface area contributed by atoms with Gasteiger partial charge in [0.2, 0.25) is 4.80 Å². The summed E-state index contributed by atoms with van der Waals surface area (Å²) in [6.07, 6.45) is 1.11. The lowest BCUT2D eigenvalue weighted by Crippen LogP contribution is -2.18. The maximum absolute atomic E-state index is 5.90. The van der Waals surface area contributed by atoms with E-state index in [-0.39, 0.29) is 0 Å². The summed E-state index contributed by atoms with van der Waals surface area (Å²) in [6.45, 7) is 2.02. The highest BCUT2D eigenvalue weighted by atomic mass is 35.5. The first-order chi connectivity index (χ1) is 9.22. The molecule has 1 aromatic heterocycles. The van der Waals surface area contributed by atoms with Gasteiger partial charge in [-0.05, 0) is 25.1 Å². The van der Waals surface area contributed by atoms with Crippen molar-refractivity contribution in [3.05, 3.63) is 34.1 Å². The summed E-state index contributed by atoms with van der Waals surface area (Å²) in [5, 5.41) is 9.57. The maximum Gasteiger partial charge on any atom is 0.203 e. The van der Waals surface area contributed by atoms with Crippen molar-refractivity contribution in [1.29, 1.82) is 0 Å². The Morgan fingerprint density at radius 3 is 2.89 bits per heavy atom. The molecule has 2 aromatic rings. The smallest absolute Gasteiger partial charge is 0.203 e. The number of aryl methyl sites for hydroxylation is 1. The summed E-state index contributed by atoms with van der Waals surface area (Å²) < 4.78 is 1.85. The second-order valence-corrected chi connectivity index (χ2v) is 5.99. The largest absolute Gasteiger partial charge is 0.315 e. The SMILES string of the molecule is Cn1nc(-c2ccc(Cl)cc2)sc1=NC1CCNC1. The van der Waals surface area contributed by atoms with Gasteiger partial charge in [0.25, 0.3) is 0 Å². The molecule has 4 nitrogen and oxygen atoms in total. The second kappa shape index (κ2) is 5.45. The van der Waals surface area contributed by atoms with E-state index in [1.807, 2.05) is 36.0 Å². The number of benzene rings is 1. The maximum atomic E-state index is 5.90. The third-order valence-electron chi connectivity index (χ3n) is 3.12. The molecule has 1 aliphatic rings. The van der Waals surface area contributed by atoms with E-state index in [0.717, 1.165) is 39.9 Å². The van der Waals surface area contributed by atoms with Crippen LogP contribution < -0.4 is 10.1 Å². The van der Waals surface area contributed by atoms with Gasteiger partial charge in [0.05, 0.1) is 6.04 Å². The first-order valence-electron chi connectivity index (χ1n) is 6.27. The van der Waals surface area contributed by atoms with Crippen LogP contribution in [-0.2, 0) is 7.05 Å². The number of nitrogens with one attached hydrogen (secondary N) is 1. The van der Waals surface area contributed by atoms with Gasteiger partial charge >= 0.3 is 0 Å². The summed E-state index contributed by atoms with van der Waals surface area (Å²) in [4.78, 5) is 5.72. The molecule has 0 spiro atoms. The molecule has 0 saturated carbocycles. The second-order valence-electron chi connectivity index (χ2n) is 4.60. The van der Waals surface area contributed by atoms with Gasteiger partial charge in [-0.25, -0.2) is 4.68 Å². The van der Waals surface area contributed by atoms with Crippen LogP contribution in [0, 0.1) is 0 Å². The van der Waals surface area contributed by atoms with Gasteiger partial charge in [0, 0.05) is 24.2 Å². The number of halogens is 1. The molecule has 19 heavy (non-hydrogen) atoms. The molecule has 0 aliphatic carbocycles. The molecule has 1 fully saturated rings. The molecular formula is C13H15ClN4S. The molecule has 1 aromatic carbocycles. The minimum atomic E-state index is 0.379. The third-order valence-corrected chi connectivity index (χ3v) is 4.44. The Kier molecular flexibility index (Phi) is 3.68. The van der Waals surface area contributed by atoms with Gasteiger partial charge in [-0.1, -0.05) is 35.1 Å². The summed E-state index contributed by atoms with van der Waals surface area (Å²) in [7, 11) is 1.94. The fourth-order valence-corrected chi connectivity index (χ4v) is 3.17. The molecule has 1 saturated heterocycles. The van der Waals surface area contributed by atoms with Gasteiger partial charge in [0.15, 0.2) is 0 Å². The first kappa shape index (κ1) is 12.8. The molecule has 1 N–H and O–H groups in total. The lowest BCUT2D eigenvalue weighted by Gasteiger charge is -1.97. The van der Waals surface area contributed by atoms with Crippen molar-refractivity contribution in [2.24, 2.45) is 12.0 Å². The topological polar surface area (TPSA) is 42.2 Å². The monoisotopic (exact) mass is 294 g/mol. The van der Waals surface area contributed by atoms with E-state index in [4.69, 9.17) is 16.6 Å². The molecule has 0 amide bonds. The molecule has 6 heteroatoms. The van der Waals surface area contributed by atoms with Crippen LogP contribution in [0.3, 0.4) is 0 Å². The van der Waals surface area contributed by atoms with Crippen LogP contribution in [0.4, 0.5) is 0 Å². The zero-order valence-electron chi connectivity index (χ0n) is 10.6. The number of nitrogens with zero attached hydrogens (tertiary/aromatic N) is 3. The molecular weight excluding hydrogens is 280 g/mol. The molecule has 3 rings (SSSR count). The van der Waals surface area contributed by atoms with Crippen LogP contribution in [0.15, 0.2) is 29.3 Å². The molecule has 2 heterocycles. The van der Waals surface area contributed by atoms with Gasteiger partial charge in [0.1, 0.15) is 5.01 Å². The van der Waals surface area contributed by atoms with E-state index >= 15 is 0 Å². The molecule has 1 unspecified atom stereocenters. The van der Waals surface area contributed by atoms with Crippen molar-refractivity contribution in [2.45, 2.75) is 12.5 Å². The van der Waals surface area contributed by atoms with Crippen LogP contribution in [0.1, 0.15) is 6.42 Å². The average Bonchev–Trinajstić information content (AvgIpc) is 3.02. The Morgan fingerprint density at radius 1 is 1.42 bits per heavy atom. The normalized spacial score (nSPS) is 20.1. The van der Waals surface area contributed by atoms with Crippen molar-refractivity contribution < 1.29 is 0 Å². The van der Waals surface area contributed by atoms with Crippen LogP contribution >= 0.6 is 22.9 Å². The van der Waals surface area contributed by atoms with E-state index < -0.39 is 0 Å². The Balaban J connectivity index is 1.94. The average molecular weight is 295 g/mol. The van der Waals surface area contributed by atoms with E-state index in [1.54, 1.807) is 11.3 Å². The van der Waals surface area contributed by atoms with Gasteiger partial charge < -0.3 is 5.32 Å². The highest BCUT2D eigenvalue weighted by Crippen LogP contribution is 2.21. The van der Waals surface area contributed by atoms with Gasteiger partial charge in [-0.15, -0.1) is 0 Å². The van der Waals surface area contributed by atoms with E-state index in [0.29, 0.717) is 6.04 Å². The summed E-state index contributed by atoms with van der Waals surface area (Å²) in [6, 6.07) is 8.13. The zero-order chi connectivity index (χ0) is 13.2. The fraction of sp³-hybridized carbons (Fsp3) is 0.385. The zero-order valence-corrected chi connectivity index (χ0v) is 12.2. The van der Waals surface area contributed by atoms with E-state index in [9.17, 15) is 0 Å². The van der Waals surface area contributed by atoms with E-state index in [2.05, 4.69) is 10.4 Å². The van der Waals surface area contributed by atoms with Crippen LogP contribution in [0.5, 0.6) is 0 Å². The minimum absolute atomic E-state index is 0.379. The number of aromatic nitrogens is 2. The highest BCUT2D eigenvalue weighted by molar-refractivity contribution is 7.12. The molecule has 100 valence electrons. The molecule has 1 aliphatic heterocycles. The Labute approximate surface area is 120 Å². The Bertz CT molecular complexity index is 623. The van der Waals surface area contributed by atoms with E-state index in [1.165, 1.54) is 0 Å². The summed E-state index contributed by atoms with van der Waals surface area (Å²) >= 11 is 7.52. The molecule has 1 atom stereocenters. The predicted molar refractivity (Wildman–Crippen MR) is 78.4 cm³/mol. The summed E-state index contributed by atoms with van der Waals surface area (Å²) in [5.41, 5.74) is 1.08. The van der Waals surface area contributed by atoms with Gasteiger partial charge in [-0.2, -0.15) is 5.10 Å². The van der Waals surface area contributed by atoms with Crippen LogP contribution in [0.25, 0.3) is 10.6 Å². The van der Waals surface area contributed by atoms with Crippen LogP contribution in [0.2, 0.25) is 5.02 Å². The summed E-state index contributed by atoms with van der Waals surface area (Å²) in [5.74, 6) is 0. The van der Waals surface area contributed by atoms with Crippen molar-refractivity contribution >= 4 is 22.9 Å². The molecule has 0 radical (unpaired) electrons. The highest BCUT2D eigenvalue weighted by Gasteiger charge is 2.13. The number of hydrogen-bond donors (Lipinski definition) is 1. The van der Waals surface area contributed by atoms with Crippen molar-refractivity contribution in [1.82, 2.24) is 15.1 Å². The minimum Gasteiger partial charge on any atom is -0.315 e. The van der Waals surface area contributed by atoms with Crippen molar-refractivity contribution in [3.8, 4) is 10.6 Å². The van der Waals surface area contributed by atoms with Gasteiger partial charge in [-0.3, -0.25) is 4.99 Å². The van der Waals surface area contributed by atoms with Crippen LogP contribution in [-0.4, -0.2) is 28.9 Å². The first-order valence-corrected chi connectivity index (χ1v) is 7.46. The van der Waals surface area contributed by atoms with Crippen molar-refractivity contribution in [2.75, 3.05) is 13.1 Å². The quantitative estimate of drug-likeness (QED) is 0.921. The fourth-order valence-electron chi connectivity index (χ4n) is 2.08.